The number of allylic oxidation sites excluding steroid dienone is 2. The molecule has 0 spiro atoms. The van der Waals surface area contributed by atoms with Crippen LogP contribution in [0.4, 0.5) is 0 Å². The van der Waals surface area contributed by atoms with Crippen LogP contribution in [-0.4, -0.2) is 59.6 Å². The highest BCUT2D eigenvalue weighted by atomic mass is 16.6. The van der Waals surface area contributed by atoms with Crippen LogP contribution in [-0.2, 0) is 9.47 Å². The third-order valence-corrected chi connectivity index (χ3v) is 4.97. The minimum absolute atomic E-state index is 0.265. The van der Waals surface area contributed by atoms with E-state index in [1.54, 1.807) is 0 Å². The standard InChI is InChI=1S/C21H40O5/c1-2-3-4-5-6-7-8-9-10-11-12-13-14-15-25-19-17-26-21(20(19)24)18(23)16-22/h10-11,18-24H,2-9,12-17H2,1H3/b11-10+/t18-,19+,20+,21+/m1/s1. The average Bonchev–Trinajstić information content (AvgIpc) is 3.02. The van der Waals surface area contributed by atoms with E-state index in [2.05, 4.69) is 19.1 Å². The highest BCUT2D eigenvalue weighted by Gasteiger charge is 2.40. The molecule has 0 bridgehead atoms. The first-order chi connectivity index (χ1) is 12.7. The van der Waals surface area contributed by atoms with Gasteiger partial charge < -0.3 is 24.8 Å². The van der Waals surface area contributed by atoms with Crippen LogP contribution in [0.3, 0.4) is 0 Å². The number of aliphatic hydroxyl groups excluding tert-OH is 3. The normalized spacial score (nSPS) is 24.5. The molecule has 5 nitrogen and oxygen atoms in total. The van der Waals surface area contributed by atoms with Gasteiger partial charge in [0.2, 0.25) is 0 Å². The maximum atomic E-state index is 10.0. The van der Waals surface area contributed by atoms with E-state index < -0.39 is 31.0 Å². The molecular formula is C21H40O5. The van der Waals surface area contributed by atoms with E-state index in [9.17, 15) is 10.2 Å². The maximum Gasteiger partial charge on any atom is 0.114 e. The first kappa shape index (κ1) is 23.6. The molecule has 0 aromatic heterocycles. The Morgan fingerprint density at radius 2 is 1.62 bits per heavy atom. The summed E-state index contributed by atoms with van der Waals surface area (Å²) >= 11 is 0. The Morgan fingerprint density at radius 1 is 1.00 bits per heavy atom. The summed E-state index contributed by atoms with van der Waals surface area (Å²) in [6.07, 6.45) is 15.2. The zero-order valence-electron chi connectivity index (χ0n) is 16.5. The summed E-state index contributed by atoms with van der Waals surface area (Å²) in [4.78, 5) is 0. The van der Waals surface area contributed by atoms with E-state index in [1.807, 2.05) is 0 Å². The Balaban J connectivity index is 1.90. The lowest BCUT2D eigenvalue weighted by Gasteiger charge is -2.20. The van der Waals surface area contributed by atoms with Gasteiger partial charge >= 0.3 is 0 Å². The summed E-state index contributed by atoms with van der Waals surface area (Å²) in [5, 5.41) is 28.5. The van der Waals surface area contributed by atoms with Crippen molar-refractivity contribution in [2.45, 2.75) is 102 Å². The summed E-state index contributed by atoms with van der Waals surface area (Å²) < 4.78 is 11.0. The molecule has 0 saturated carbocycles. The molecule has 26 heavy (non-hydrogen) atoms. The third-order valence-electron chi connectivity index (χ3n) is 4.97. The van der Waals surface area contributed by atoms with E-state index >= 15 is 0 Å². The fourth-order valence-corrected chi connectivity index (χ4v) is 3.26. The minimum Gasteiger partial charge on any atom is -0.394 e. The van der Waals surface area contributed by atoms with Crippen LogP contribution in [0.25, 0.3) is 0 Å². The molecule has 3 N–H and O–H groups in total. The quantitative estimate of drug-likeness (QED) is 0.286. The van der Waals surface area contributed by atoms with Gasteiger partial charge in [-0.15, -0.1) is 0 Å². The summed E-state index contributed by atoms with van der Waals surface area (Å²) in [6.45, 7) is 2.68. The van der Waals surface area contributed by atoms with Crippen molar-refractivity contribution in [2.75, 3.05) is 19.8 Å². The molecule has 5 heteroatoms. The summed E-state index contributed by atoms with van der Waals surface area (Å²) in [5.41, 5.74) is 0. The van der Waals surface area contributed by atoms with E-state index in [0.29, 0.717) is 6.61 Å². The van der Waals surface area contributed by atoms with Crippen molar-refractivity contribution in [3.8, 4) is 0 Å². The Labute approximate surface area is 159 Å². The van der Waals surface area contributed by atoms with Crippen LogP contribution < -0.4 is 0 Å². The topological polar surface area (TPSA) is 79.2 Å². The first-order valence-electron chi connectivity index (χ1n) is 10.6. The maximum absolute atomic E-state index is 10.0. The second-order valence-corrected chi connectivity index (χ2v) is 7.32. The average molecular weight is 373 g/mol. The molecule has 1 aliphatic heterocycles. The second-order valence-electron chi connectivity index (χ2n) is 7.32. The molecule has 154 valence electrons. The molecule has 1 heterocycles. The van der Waals surface area contributed by atoms with Crippen LogP contribution in [0.1, 0.15) is 77.6 Å². The van der Waals surface area contributed by atoms with Crippen molar-refractivity contribution in [3.05, 3.63) is 12.2 Å². The van der Waals surface area contributed by atoms with Gasteiger partial charge in [0.25, 0.3) is 0 Å². The van der Waals surface area contributed by atoms with Gasteiger partial charge in [0, 0.05) is 6.61 Å². The lowest BCUT2D eigenvalue weighted by atomic mass is 10.1. The zero-order chi connectivity index (χ0) is 19.0. The molecule has 0 radical (unpaired) electrons. The van der Waals surface area contributed by atoms with Crippen LogP contribution in [0.15, 0.2) is 12.2 Å². The smallest absolute Gasteiger partial charge is 0.114 e. The number of unbranched alkanes of at least 4 members (excludes halogenated alkanes) is 9. The molecule has 0 unspecified atom stereocenters. The van der Waals surface area contributed by atoms with Crippen LogP contribution >= 0.6 is 0 Å². The molecule has 0 aromatic carbocycles. The predicted molar refractivity (Wildman–Crippen MR) is 104 cm³/mol. The highest BCUT2D eigenvalue weighted by Crippen LogP contribution is 2.20. The van der Waals surface area contributed by atoms with Crippen molar-refractivity contribution >= 4 is 0 Å². The number of aliphatic hydroxyl groups is 3. The monoisotopic (exact) mass is 372 g/mol. The summed E-state index contributed by atoms with van der Waals surface area (Å²) in [7, 11) is 0. The highest BCUT2D eigenvalue weighted by molar-refractivity contribution is 4.88. The lowest BCUT2D eigenvalue weighted by Crippen LogP contribution is -2.41. The molecule has 1 fully saturated rings. The van der Waals surface area contributed by atoms with Crippen molar-refractivity contribution in [3.63, 3.8) is 0 Å². The SMILES string of the molecule is CCCCCCCCC/C=C/CCCCO[C@H]1CO[C@@H]([C@H](O)CO)[C@H]1O. The molecule has 0 amide bonds. The predicted octanol–water partition coefficient (Wildman–Crippen LogP) is 3.35. The third kappa shape index (κ3) is 10.0. The fraction of sp³-hybridized carbons (Fsp3) is 0.905. The molecule has 1 rings (SSSR count). The first-order valence-corrected chi connectivity index (χ1v) is 10.6. The number of hydrogen-bond donors (Lipinski definition) is 3. The van der Waals surface area contributed by atoms with Gasteiger partial charge in [0.15, 0.2) is 0 Å². The van der Waals surface area contributed by atoms with Crippen molar-refractivity contribution < 1.29 is 24.8 Å². The van der Waals surface area contributed by atoms with Crippen molar-refractivity contribution in [1.29, 1.82) is 0 Å². The number of rotatable bonds is 16. The van der Waals surface area contributed by atoms with Crippen LogP contribution in [0.5, 0.6) is 0 Å². The Kier molecular flexibility index (Phi) is 14.1. The minimum atomic E-state index is -1.06. The van der Waals surface area contributed by atoms with Crippen molar-refractivity contribution in [2.24, 2.45) is 0 Å². The number of ether oxygens (including phenoxy) is 2. The Morgan fingerprint density at radius 3 is 2.27 bits per heavy atom. The van der Waals surface area contributed by atoms with E-state index in [-0.39, 0.29) is 6.61 Å². The van der Waals surface area contributed by atoms with Gasteiger partial charge in [-0.1, -0.05) is 57.6 Å². The number of hydrogen-bond acceptors (Lipinski definition) is 5. The van der Waals surface area contributed by atoms with Gasteiger partial charge in [-0.25, -0.2) is 0 Å². The molecule has 0 aliphatic carbocycles. The Hall–Kier alpha value is -0.460. The molecule has 0 aromatic rings. The van der Waals surface area contributed by atoms with Crippen LogP contribution in [0.2, 0.25) is 0 Å². The second kappa shape index (κ2) is 15.6. The van der Waals surface area contributed by atoms with Gasteiger partial charge in [-0.3, -0.25) is 0 Å². The van der Waals surface area contributed by atoms with E-state index in [1.165, 1.54) is 51.4 Å². The fourth-order valence-electron chi connectivity index (χ4n) is 3.26. The summed E-state index contributed by atoms with van der Waals surface area (Å²) in [5.74, 6) is 0. The lowest BCUT2D eigenvalue weighted by molar-refractivity contribution is -0.0730. The van der Waals surface area contributed by atoms with Gasteiger partial charge in [-0.2, -0.15) is 0 Å². The van der Waals surface area contributed by atoms with Crippen molar-refractivity contribution in [1.82, 2.24) is 0 Å². The molecule has 1 aliphatic rings. The zero-order valence-corrected chi connectivity index (χ0v) is 16.5. The Bertz CT molecular complexity index is 347. The van der Waals surface area contributed by atoms with E-state index in [4.69, 9.17) is 14.6 Å². The molecule has 1 saturated heterocycles. The van der Waals surface area contributed by atoms with Gasteiger partial charge in [0.1, 0.15) is 24.4 Å². The van der Waals surface area contributed by atoms with Gasteiger partial charge in [-0.05, 0) is 32.1 Å². The van der Waals surface area contributed by atoms with E-state index in [0.717, 1.165) is 19.3 Å². The molecule has 4 atom stereocenters. The van der Waals surface area contributed by atoms with Crippen LogP contribution in [0, 0.1) is 0 Å². The largest absolute Gasteiger partial charge is 0.394 e. The van der Waals surface area contributed by atoms with Gasteiger partial charge in [0.05, 0.1) is 13.2 Å². The molecular weight excluding hydrogens is 332 g/mol. The summed E-state index contributed by atoms with van der Waals surface area (Å²) in [6, 6.07) is 0.